The zero-order valence-electron chi connectivity index (χ0n) is 9.17. The highest BCUT2D eigenvalue weighted by Crippen LogP contribution is 2.27. The Morgan fingerprint density at radius 3 is 2.67 bits per heavy atom. The van der Waals surface area contributed by atoms with E-state index < -0.39 is 0 Å². The van der Waals surface area contributed by atoms with Crippen LogP contribution in [-0.4, -0.2) is 11.3 Å². The highest BCUT2D eigenvalue weighted by atomic mass is 79.9. The van der Waals surface area contributed by atoms with E-state index in [9.17, 15) is 0 Å². The van der Waals surface area contributed by atoms with E-state index in [1.165, 1.54) is 5.56 Å². The van der Waals surface area contributed by atoms with Crippen LogP contribution in [0.2, 0.25) is 0 Å². The fourth-order valence-corrected chi connectivity index (χ4v) is 1.95. The molecule has 0 saturated heterocycles. The second kappa shape index (κ2) is 3.63. The molecule has 0 atom stereocenters. The van der Waals surface area contributed by atoms with Crippen molar-refractivity contribution < 1.29 is 4.84 Å². The maximum absolute atomic E-state index is 5.35. The van der Waals surface area contributed by atoms with Gasteiger partial charge in [-0.1, -0.05) is 33.2 Å². The quantitative estimate of drug-likeness (QED) is 0.761. The van der Waals surface area contributed by atoms with Crippen LogP contribution >= 0.6 is 15.9 Å². The molecule has 0 aliphatic carbocycles. The summed E-state index contributed by atoms with van der Waals surface area (Å²) < 4.78 is 1.12. The Kier molecular flexibility index (Phi) is 2.59. The lowest BCUT2D eigenvalue weighted by Gasteiger charge is -2.13. The summed E-state index contributed by atoms with van der Waals surface area (Å²) in [5.74, 6) is 0. The van der Waals surface area contributed by atoms with E-state index in [-0.39, 0.29) is 5.60 Å². The predicted octanol–water partition coefficient (Wildman–Crippen LogP) is 3.66. The molecule has 1 aromatic carbocycles. The molecular formula is C12H14BrNO. The Morgan fingerprint density at radius 2 is 2.13 bits per heavy atom. The van der Waals surface area contributed by atoms with E-state index in [0.29, 0.717) is 0 Å². The van der Waals surface area contributed by atoms with Crippen molar-refractivity contribution in [3.8, 4) is 0 Å². The first-order valence-corrected chi connectivity index (χ1v) is 5.79. The third-order valence-electron chi connectivity index (χ3n) is 2.50. The van der Waals surface area contributed by atoms with Crippen molar-refractivity contribution >= 4 is 21.6 Å². The summed E-state index contributed by atoms with van der Waals surface area (Å²) in [5.41, 5.74) is 3.24. The zero-order chi connectivity index (χ0) is 11.1. The van der Waals surface area contributed by atoms with Gasteiger partial charge in [0.1, 0.15) is 5.60 Å². The summed E-state index contributed by atoms with van der Waals surface area (Å²) in [6.45, 7) is 6.17. The molecule has 0 unspecified atom stereocenters. The molecule has 0 amide bonds. The van der Waals surface area contributed by atoms with Crippen LogP contribution in [0.5, 0.6) is 0 Å². The number of hydrogen-bond acceptors (Lipinski definition) is 2. The van der Waals surface area contributed by atoms with E-state index in [1.54, 1.807) is 0 Å². The fourth-order valence-electron chi connectivity index (χ4n) is 1.57. The van der Waals surface area contributed by atoms with Crippen LogP contribution in [0.3, 0.4) is 0 Å². The van der Waals surface area contributed by atoms with Gasteiger partial charge in [-0.3, -0.25) is 0 Å². The lowest BCUT2D eigenvalue weighted by molar-refractivity contribution is 0.0123. The van der Waals surface area contributed by atoms with Gasteiger partial charge in [0, 0.05) is 16.5 Å². The van der Waals surface area contributed by atoms with E-state index in [0.717, 1.165) is 22.2 Å². The summed E-state index contributed by atoms with van der Waals surface area (Å²) in [6, 6.07) is 6.27. The minimum absolute atomic E-state index is 0.160. The van der Waals surface area contributed by atoms with Gasteiger partial charge in [-0.2, -0.15) is 0 Å². The number of halogens is 1. The fraction of sp³-hybridized carbons (Fsp3) is 0.417. The Bertz CT molecular complexity index is 424. The summed E-state index contributed by atoms with van der Waals surface area (Å²) >= 11 is 3.53. The lowest BCUT2D eigenvalue weighted by Crippen LogP contribution is -2.19. The maximum atomic E-state index is 5.35. The summed E-state index contributed by atoms with van der Waals surface area (Å²) in [7, 11) is 0. The monoisotopic (exact) mass is 267 g/mol. The molecule has 2 nitrogen and oxygen atoms in total. The standard InChI is InChI=1S/C12H14BrNO/c1-8-4-5-9(6-10(8)13)11-7-12(2,3)15-14-11/h4-6H,7H2,1-3H3. The molecule has 1 aliphatic heterocycles. The van der Waals surface area contributed by atoms with Gasteiger partial charge in [-0.25, -0.2) is 0 Å². The average Bonchev–Trinajstić information content (AvgIpc) is 2.51. The maximum Gasteiger partial charge on any atom is 0.137 e. The van der Waals surface area contributed by atoms with Gasteiger partial charge in [-0.15, -0.1) is 0 Å². The number of benzene rings is 1. The average molecular weight is 268 g/mol. The van der Waals surface area contributed by atoms with Crippen molar-refractivity contribution in [1.29, 1.82) is 0 Å². The zero-order valence-corrected chi connectivity index (χ0v) is 10.8. The molecule has 0 fully saturated rings. The molecule has 0 bridgehead atoms. The minimum atomic E-state index is -0.160. The van der Waals surface area contributed by atoms with Crippen molar-refractivity contribution in [2.75, 3.05) is 0 Å². The first-order valence-electron chi connectivity index (χ1n) is 4.99. The molecule has 80 valence electrons. The molecule has 0 N–H and O–H groups in total. The molecule has 0 spiro atoms. The van der Waals surface area contributed by atoms with E-state index >= 15 is 0 Å². The summed E-state index contributed by atoms with van der Waals surface area (Å²) in [4.78, 5) is 5.35. The lowest BCUT2D eigenvalue weighted by atomic mass is 9.97. The van der Waals surface area contributed by atoms with Gasteiger partial charge < -0.3 is 4.84 Å². The second-order valence-electron chi connectivity index (χ2n) is 4.53. The van der Waals surface area contributed by atoms with Crippen molar-refractivity contribution in [2.45, 2.75) is 32.8 Å². The van der Waals surface area contributed by atoms with Crippen LogP contribution in [0.25, 0.3) is 0 Å². The van der Waals surface area contributed by atoms with Crippen LogP contribution < -0.4 is 0 Å². The van der Waals surface area contributed by atoms with Crippen LogP contribution in [0.4, 0.5) is 0 Å². The van der Waals surface area contributed by atoms with Gasteiger partial charge in [-0.05, 0) is 32.4 Å². The smallest absolute Gasteiger partial charge is 0.137 e. The number of rotatable bonds is 1. The SMILES string of the molecule is Cc1ccc(C2=NOC(C)(C)C2)cc1Br. The first kappa shape index (κ1) is 10.7. The Hall–Kier alpha value is -0.830. The molecule has 1 aromatic rings. The third-order valence-corrected chi connectivity index (χ3v) is 3.36. The third kappa shape index (κ3) is 2.23. The first-order chi connectivity index (χ1) is 6.98. The number of hydrogen-bond donors (Lipinski definition) is 0. The molecule has 1 aliphatic rings. The van der Waals surface area contributed by atoms with Gasteiger partial charge >= 0.3 is 0 Å². The van der Waals surface area contributed by atoms with E-state index in [1.807, 2.05) is 13.8 Å². The van der Waals surface area contributed by atoms with Gasteiger partial charge in [0.05, 0.1) is 5.71 Å². The molecule has 15 heavy (non-hydrogen) atoms. The second-order valence-corrected chi connectivity index (χ2v) is 5.38. The van der Waals surface area contributed by atoms with Crippen LogP contribution in [-0.2, 0) is 4.84 Å². The normalized spacial score (nSPS) is 18.5. The largest absolute Gasteiger partial charge is 0.389 e. The predicted molar refractivity (Wildman–Crippen MR) is 65.2 cm³/mol. The summed E-state index contributed by atoms with van der Waals surface area (Å²) in [6.07, 6.45) is 0.864. The van der Waals surface area contributed by atoms with Crippen LogP contribution in [0.15, 0.2) is 27.8 Å². The summed E-state index contributed by atoms with van der Waals surface area (Å²) in [5, 5.41) is 4.13. The van der Waals surface area contributed by atoms with Gasteiger partial charge in [0.15, 0.2) is 0 Å². The van der Waals surface area contributed by atoms with Gasteiger partial charge in [0.2, 0.25) is 0 Å². The van der Waals surface area contributed by atoms with E-state index in [2.05, 4.69) is 46.2 Å². The van der Waals surface area contributed by atoms with Gasteiger partial charge in [0.25, 0.3) is 0 Å². The highest BCUT2D eigenvalue weighted by molar-refractivity contribution is 9.10. The van der Waals surface area contributed by atoms with Crippen molar-refractivity contribution in [3.05, 3.63) is 33.8 Å². The number of oxime groups is 1. The molecule has 1 heterocycles. The van der Waals surface area contributed by atoms with Crippen LogP contribution in [0.1, 0.15) is 31.4 Å². The van der Waals surface area contributed by atoms with Crippen molar-refractivity contribution in [2.24, 2.45) is 5.16 Å². The molecule has 0 aromatic heterocycles. The molecule has 0 saturated carbocycles. The highest BCUT2D eigenvalue weighted by Gasteiger charge is 2.29. The number of nitrogens with zero attached hydrogens (tertiary/aromatic N) is 1. The molecule has 0 radical (unpaired) electrons. The van der Waals surface area contributed by atoms with Crippen molar-refractivity contribution in [1.82, 2.24) is 0 Å². The van der Waals surface area contributed by atoms with Crippen molar-refractivity contribution in [3.63, 3.8) is 0 Å². The minimum Gasteiger partial charge on any atom is -0.389 e. The molecule has 2 rings (SSSR count). The Morgan fingerprint density at radius 1 is 1.40 bits per heavy atom. The van der Waals surface area contributed by atoms with E-state index in [4.69, 9.17) is 4.84 Å². The number of aryl methyl sites for hydroxylation is 1. The molecule has 3 heteroatoms. The Balaban J connectivity index is 2.29. The van der Waals surface area contributed by atoms with Crippen LogP contribution in [0, 0.1) is 6.92 Å². The topological polar surface area (TPSA) is 21.6 Å². The molecular weight excluding hydrogens is 254 g/mol. The Labute approximate surface area is 98.4 Å².